The van der Waals surface area contributed by atoms with E-state index in [1.807, 2.05) is 60.7 Å². The predicted molar refractivity (Wildman–Crippen MR) is 85.8 cm³/mol. The van der Waals surface area contributed by atoms with E-state index >= 15 is 0 Å². The summed E-state index contributed by atoms with van der Waals surface area (Å²) in [6.45, 7) is 1.68. The molecule has 0 heterocycles. The number of esters is 2. The van der Waals surface area contributed by atoms with Gasteiger partial charge in [0.15, 0.2) is 0 Å². The molecule has 0 bridgehead atoms. The minimum Gasteiger partial charge on any atom is -0.392 e. The molecule has 2 rings (SSSR count). The molecule has 1 unspecified atom stereocenters. The number of hydrogen-bond acceptors (Lipinski definition) is 3. The zero-order chi connectivity index (χ0) is 15.9. The van der Waals surface area contributed by atoms with Crippen LogP contribution in [0.25, 0.3) is 0 Å². The molecule has 2 aromatic rings. The Morgan fingerprint density at radius 1 is 0.955 bits per heavy atom. The van der Waals surface area contributed by atoms with Crippen LogP contribution in [-0.2, 0) is 14.3 Å². The van der Waals surface area contributed by atoms with Gasteiger partial charge in [-0.1, -0.05) is 60.7 Å². The molecule has 4 heteroatoms. The monoisotopic (exact) mass is 316 g/mol. The fourth-order valence-corrected chi connectivity index (χ4v) is 2.32. The largest absolute Gasteiger partial charge is 0.392 e. The first-order valence-corrected chi connectivity index (χ1v) is 7.50. The van der Waals surface area contributed by atoms with E-state index in [4.69, 9.17) is 16.3 Å². The molecular weight excluding hydrogens is 300 g/mol. The summed E-state index contributed by atoms with van der Waals surface area (Å²) in [5, 5.41) is -0.368. The highest BCUT2D eigenvalue weighted by Crippen LogP contribution is 2.26. The number of rotatable bonds is 5. The second-order valence-corrected chi connectivity index (χ2v) is 5.78. The van der Waals surface area contributed by atoms with Crippen molar-refractivity contribution < 1.29 is 14.3 Å². The number of halogens is 1. The molecule has 22 heavy (non-hydrogen) atoms. The van der Waals surface area contributed by atoms with Crippen molar-refractivity contribution in [3.05, 3.63) is 71.8 Å². The summed E-state index contributed by atoms with van der Waals surface area (Å²) in [6.07, 6.45) is 0.00357. The molecule has 0 aliphatic carbocycles. The number of alkyl halides is 1. The van der Waals surface area contributed by atoms with Crippen LogP contribution in [0.2, 0.25) is 0 Å². The first-order valence-electron chi connectivity index (χ1n) is 7.06. The van der Waals surface area contributed by atoms with Crippen LogP contribution in [0.5, 0.6) is 0 Å². The molecule has 0 spiro atoms. The van der Waals surface area contributed by atoms with Crippen LogP contribution >= 0.6 is 11.6 Å². The fraction of sp³-hybridized carbons (Fsp3) is 0.222. The van der Waals surface area contributed by atoms with E-state index in [2.05, 4.69) is 0 Å². The zero-order valence-corrected chi connectivity index (χ0v) is 13.0. The van der Waals surface area contributed by atoms with E-state index < -0.39 is 17.9 Å². The topological polar surface area (TPSA) is 43.4 Å². The Labute approximate surface area is 134 Å². The molecule has 0 aliphatic rings. The predicted octanol–water partition coefficient (Wildman–Crippen LogP) is 3.91. The lowest BCUT2D eigenvalue weighted by Gasteiger charge is -2.16. The minimum atomic E-state index is -0.628. The minimum absolute atomic E-state index is 0.00357. The van der Waals surface area contributed by atoms with Crippen molar-refractivity contribution in [2.75, 3.05) is 0 Å². The second kappa shape index (κ2) is 7.76. The lowest BCUT2D eigenvalue weighted by atomic mass is 9.91. The van der Waals surface area contributed by atoms with Crippen molar-refractivity contribution in [1.82, 2.24) is 0 Å². The lowest BCUT2D eigenvalue weighted by molar-refractivity contribution is -0.160. The number of ether oxygens (including phenoxy) is 1. The second-order valence-electron chi connectivity index (χ2n) is 5.03. The molecule has 2 aromatic carbocycles. The van der Waals surface area contributed by atoms with E-state index in [0.29, 0.717) is 0 Å². The smallest absolute Gasteiger partial charge is 0.325 e. The summed E-state index contributed by atoms with van der Waals surface area (Å²) >= 11 is 5.76. The average Bonchev–Trinajstić information content (AvgIpc) is 2.48. The van der Waals surface area contributed by atoms with Gasteiger partial charge in [0, 0.05) is 5.38 Å². The summed E-state index contributed by atoms with van der Waals surface area (Å²) in [5.74, 6) is -1.82. The molecule has 0 amide bonds. The van der Waals surface area contributed by atoms with Crippen LogP contribution in [-0.4, -0.2) is 17.3 Å². The van der Waals surface area contributed by atoms with Gasteiger partial charge in [0.25, 0.3) is 0 Å². The Kier molecular flexibility index (Phi) is 5.73. The van der Waals surface area contributed by atoms with Crippen molar-refractivity contribution in [3.8, 4) is 0 Å². The van der Waals surface area contributed by atoms with Crippen molar-refractivity contribution in [1.29, 1.82) is 0 Å². The van der Waals surface area contributed by atoms with Gasteiger partial charge in [-0.05, 0) is 18.1 Å². The van der Waals surface area contributed by atoms with Gasteiger partial charge in [0.2, 0.25) is 0 Å². The van der Waals surface area contributed by atoms with E-state index in [1.54, 1.807) is 6.92 Å². The number of hydrogen-bond donors (Lipinski definition) is 0. The van der Waals surface area contributed by atoms with Gasteiger partial charge < -0.3 is 4.74 Å². The number of carbonyl (C=O) groups excluding carboxylic acids is 2. The molecule has 0 aliphatic heterocycles. The van der Waals surface area contributed by atoms with Gasteiger partial charge >= 0.3 is 11.9 Å². The first kappa shape index (κ1) is 16.2. The van der Waals surface area contributed by atoms with Crippen LogP contribution in [0, 0.1) is 0 Å². The summed E-state index contributed by atoms with van der Waals surface area (Å²) in [4.78, 5) is 24.2. The standard InChI is InChI=1S/C18H17ClO3/c1-13(19)12-16(20)22-18(21)17(14-8-4-2-5-9-14)15-10-6-3-7-11-15/h2-11,13,17H,12H2,1H3. The Hall–Kier alpha value is -2.13. The highest BCUT2D eigenvalue weighted by atomic mass is 35.5. The van der Waals surface area contributed by atoms with Crippen molar-refractivity contribution >= 4 is 23.5 Å². The van der Waals surface area contributed by atoms with E-state index in [9.17, 15) is 9.59 Å². The third-order valence-corrected chi connectivity index (χ3v) is 3.32. The Balaban J connectivity index is 2.26. The van der Waals surface area contributed by atoms with Gasteiger partial charge in [0.1, 0.15) is 5.92 Å². The van der Waals surface area contributed by atoms with Crippen LogP contribution in [0.15, 0.2) is 60.7 Å². The number of benzene rings is 2. The van der Waals surface area contributed by atoms with Gasteiger partial charge in [-0.25, -0.2) is 0 Å². The molecule has 0 saturated carbocycles. The highest BCUT2D eigenvalue weighted by Gasteiger charge is 2.26. The summed E-state index contributed by atoms with van der Waals surface area (Å²) in [5.41, 5.74) is 1.57. The van der Waals surface area contributed by atoms with Crippen molar-refractivity contribution in [2.24, 2.45) is 0 Å². The van der Waals surface area contributed by atoms with Gasteiger partial charge in [-0.3, -0.25) is 9.59 Å². The highest BCUT2D eigenvalue weighted by molar-refractivity contribution is 6.21. The Bertz CT molecular complexity index is 584. The Morgan fingerprint density at radius 2 is 1.41 bits per heavy atom. The molecule has 0 fully saturated rings. The molecule has 0 radical (unpaired) electrons. The molecular formula is C18H17ClO3. The summed E-state index contributed by atoms with van der Waals surface area (Å²) in [6, 6.07) is 18.5. The maximum absolute atomic E-state index is 12.4. The molecule has 114 valence electrons. The van der Waals surface area contributed by atoms with Gasteiger partial charge in [-0.2, -0.15) is 0 Å². The van der Waals surface area contributed by atoms with E-state index in [0.717, 1.165) is 11.1 Å². The van der Waals surface area contributed by atoms with Crippen molar-refractivity contribution in [2.45, 2.75) is 24.6 Å². The van der Waals surface area contributed by atoms with Crippen LogP contribution in [0.4, 0.5) is 0 Å². The van der Waals surface area contributed by atoms with Gasteiger partial charge in [0.05, 0.1) is 6.42 Å². The van der Waals surface area contributed by atoms with Crippen LogP contribution < -0.4 is 0 Å². The number of carbonyl (C=O) groups is 2. The third kappa shape index (κ3) is 4.43. The quantitative estimate of drug-likeness (QED) is 0.477. The molecule has 1 atom stereocenters. The average molecular weight is 317 g/mol. The van der Waals surface area contributed by atoms with Crippen LogP contribution in [0.1, 0.15) is 30.4 Å². The lowest BCUT2D eigenvalue weighted by Crippen LogP contribution is -2.22. The Morgan fingerprint density at radius 3 is 1.82 bits per heavy atom. The molecule has 3 nitrogen and oxygen atoms in total. The van der Waals surface area contributed by atoms with E-state index in [-0.39, 0.29) is 11.8 Å². The third-order valence-electron chi connectivity index (χ3n) is 3.16. The zero-order valence-electron chi connectivity index (χ0n) is 12.2. The first-order chi connectivity index (χ1) is 10.6. The fourth-order valence-electron chi connectivity index (χ4n) is 2.20. The van der Waals surface area contributed by atoms with E-state index in [1.165, 1.54) is 0 Å². The summed E-state index contributed by atoms with van der Waals surface area (Å²) in [7, 11) is 0. The van der Waals surface area contributed by atoms with Crippen LogP contribution in [0.3, 0.4) is 0 Å². The van der Waals surface area contributed by atoms with Crippen molar-refractivity contribution in [3.63, 3.8) is 0 Å². The summed E-state index contributed by atoms with van der Waals surface area (Å²) < 4.78 is 4.97. The maximum atomic E-state index is 12.4. The molecule has 0 aromatic heterocycles. The normalized spacial score (nSPS) is 12.0. The maximum Gasteiger partial charge on any atom is 0.325 e. The molecule has 0 N–H and O–H groups in total. The molecule has 0 saturated heterocycles. The van der Waals surface area contributed by atoms with Gasteiger partial charge in [-0.15, -0.1) is 11.6 Å². The SMILES string of the molecule is CC(Cl)CC(=O)OC(=O)C(c1ccccc1)c1ccccc1.